The van der Waals surface area contributed by atoms with E-state index in [1.165, 1.54) is 17.1 Å². The molecule has 0 spiro atoms. The van der Waals surface area contributed by atoms with E-state index >= 15 is 0 Å². The maximum Gasteiger partial charge on any atom is 0.279 e. The lowest BCUT2D eigenvalue weighted by Gasteiger charge is -2.34. The van der Waals surface area contributed by atoms with Crippen LogP contribution < -0.4 is 4.72 Å². The maximum absolute atomic E-state index is 12.4. The summed E-state index contributed by atoms with van der Waals surface area (Å²) >= 11 is 0. The normalized spacial score (nSPS) is 34.3. The number of rotatable bonds is 3. The van der Waals surface area contributed by atoms with E-state index in [9.17, 15) is 8.42 Å². The largest absolute Gasteiger partial charge is 0.379 e. The van der Waals surface area contributed by atoms with Crippen LogP contribution in [0.1, 0.15) is 25.7 Å². The van der Waals surface area contributed by atoms with Gasteiger partial charge >= 0.3 is 0 Å². The molecule has 110 valence electrons. The van der Waals surface area contributed by atoms with Crippen LogP contribution in [-0.4, -0.2) is 69.1 Å². The van der Waals surface area contributed by atoms with Gasteiger partial charge in [0.2, 0.25) is 0 Å². The van der Waals surface area contributed by atoms with Crippen molar-refractivity contribution in [1.82, 2.24) is 13.9 Å². The molecule has 0 amide bonds. The second kappa shape index (κ2) is 5.65. The fourth-order valence-electron chi connectivity index (χ4n) is 3.44. The van der Waals surface area contributed by atoms with Gasteiger partial charge < -0.3 is 4.74 Å². The summed E-state index contributed by atoms with van der Waals surface area (Å²) in [5.41, 5.74) is 0. The minimum atomic E-state index is -3.34. The van der Waals surface area contributed by atoms with E-state index in [-0.39, 0.29) is 6.04 Å². The molecule has 0 saturated carbocycles. The summed E-state index contributed by atoms with van der Waals surface area (Å²) < 4.78 is 34.4. The zero-order valence-electron chi connectivity index (χ0n) is 11.3. The second-order valence-electron chi connectivity index (χ2n) is 5.63. The van der Waals surface area contributed by atoms with E-state index in [0.717, 1.165) is 25.9 Å². The highest BCUT2D eigenvalue weighted by Crippen LogP contribution is 2.27. The van der Waals surface area contributed by atoms with Crippen molar-refractivity contribution in [2.75, 3.05) is 39.4 Å². The van der Waals surface area contributed by atoms with Crippen molar-refractivity contribution >= 4 is 10.2 Å². The smallest absolute Gasteiger partial charge is 0.279 e. The van der Waals surface area contributed by atoms with Crippen LogP contribution in [0.5, 0.6) is 0 Å². The highest BCUT2D eigenvalue weighted by molar-refractivity contribution is 7.87. The molecule has 3 aliphatic heterocycles. The fourth-order valence-corrected chi connectivity index (χ4v) is 4.87. The number of hydrogen-bond acceptors (Lipinski definition) is 4. The lowest BCUT2D eigenvalue weighted by atomic mass is 10.00. The van der Waals surface area contributed by atoms with Gasteiger partial charge in [0.05, 0.1) is 13.2 Å². The molecule has 3 fully saturated rings. The first-order valence-electron chi connectivity index (χ1n) is 7.26. The standard InChI is InChI=1S/C12H23N3O3S/c16-19(17,15-7-9-18-10-8-15)13-11-4-6-14-5-2-1-3-12(11)14/h11-13H,1-10H2/t11-,12-/m1/s1. The van der Waals surface area contributed by atoms with Crippen LogP contribution in [0.3, 0.4) is 0 Å². The van der Waals surface area contributed by atoms with Gasteiger partial charge in [0.1, 0.15) is 0 Å². The number of nitrogens with zero attached hydrogens (tertiary/aromatic N) is 2. The molecule has 3 aliphatic rings. The Bertz CT molecular complexity index is 408. The van der Waals surface area contributed by atoms with Crippen molar-refractivity contribution in [1.29, 1.82) is 0 Å². The molecule has 0 bridgehead atoms. The zero-order chi connectivity index (χ0) is 13.3. The molecule has 3 rings (SSSR count). The maximum atomic E-state index is 12.4. The SMILES string of the molecule is O=S(=O)(N[C@@H]1CCN2CCCC[C@H]12)N1CCOCC1. The first kappa shape index (κ1) is 13.8. The van der Waals surface area contributed by atoms with Crippen molar-refractivity contribution in [2.24, 2.45) is 0 Å². The highest BCUT2D eigenvalue weighted by atomic mass is 32.2. The predicted molar refractivity (Wildman–Crippen MR) is 72.1 cm³/mol. The van der Waals surface area contributed by atoms with E-state index in [4.69, 9.17) is 4.74 Å². The lowest BCUT2D eigenvalue weighted by molar-refractivity contribution is 0.0721. The summed E-state index contributed by atoms with van der Waals surface area (Å²) in [4.78, 5) is 2.44. The molecule has 19 heavy (non-hydrogen) atoms. The summed E-state index contributed by atoms with van der Waals surface area (Å²) in [6.07, 6.45) is 4.53. The van der Waals surface area contributed by atoms with Crippen molar-refractivity contribution in [3.63, 3.8) is 0 Å². The lowest BCUT2D eigenvalue weighted by Crippen LogP contribution is -2.53. The Balaban J connectivity index is 1.63. The average molecular weight is 289 g/mol. The number of ether oxygens (including phenoxy) is 1. The molecule has 0 aromatic heterocycles. The molecule has 0 aromatic carbocycles. The molecular weight excluding hydrogens is 266 g/mol. The molecule has 3 saturated heterocycles. The highest BCUT2D eigenvalue weighted by Gasteiger charge is 2.38. The molecule has 2 atom stereocenters. The molecule has 0 aromatic rings. The Labute approximate surface area is 115 Å². The predicted octanol–water partition coefficient (Wildman–Crippen LogP) is -0.220. The van der Waals surface area contributed by atoms with Gasteiger partial charge in [0, 0.05) is 31.7 Å². The Morgan fingerprint density at radius 1 is 1.00 bits per heavy atom. The number of nitrogens with one attached hydrogen (secondary N) is 1. The van der Waals surface area contributed by atoms with E-state index in [1.54, 1.807) is 0 Å². The minimum absolute atomic E-state index is 0.0909. The summed E-state index contributed by atoms with van der Waals surface area (Å²) in [6, 6.07) is 0.498. The van der Waals surface area contributed by atoms with E-state index in [2.05, 4.69) is 9.62 Å². The summed E-state index contributed by atoms with van der Waals surface area (Å²) in [6.45, 7) is 4.09. The third-order valence-corrected chi connectivity index (χ3v) is 6.11. The molecule has 6 nitrogen and oxygen atoms in total. The van der Waals surface area contributed by atoms with E-state index in [1.807, 2.05) is 0 Å². The zero-order valence-corrected chi connectivity index (χ0v) is 12.1. The first-order valence-corrected chi connectivity index (χ1v) is 8.70. The van der Waals surface area contributed by atoms with Gasteiger partial charge in [-0.15, -0.1) is 0 Å². The summed E-state index contributed by atoms with van der Waals surface area (Å²) in [5, 5.41) is 0. The fraction of sp³-hybridized carbons (Fsp3) is 1.00. The number of hydrogen-bond donors (Lipinski definition) is 1. The molecule has 0 unspecified atom stereocenters. The Morgan fingerprint density at radius 3 is 2.58 bits per heavy atom. The van der Waals surface area contributed by atoms with Crippen molar-refractivity contribution in [3.8, 4) is 0 Å². The minimum Gasteiger partial charge on any atom is -0.379 e. The van der Waals surface area contributed by atoms with E-state index in [0.29, 0.717) is 32.3 Å². The Morgan fingerprint density at radius 2 is 1.79 bits per heavy atom. The van der Waals surface area contributed by atoms with Crippen LogP contribution >= 0.6 is 0 Å². The van der Waals surface area contributed by atoms with Crippen LogP contribution in [0.4, 0.5) is 0 Å². The molecule has 3 heterocycles. The number of piperidine rings is 1. The molecule has 1 N–H and O–H groups in total. The van der Waals surface area contributed by atoms with Crippen LogP contribution in [-0.2, 0) is 14.9 Å². The van der Waals surface area contributed by atoms with Gasteiger partial charge in [0.15, 0.2) is 0 Å². The van der Waals surface area contributed by atoms with Gasteiger partial charge in [0.25, 0.3) is 10.2 Å². The first-order chi connectivity index (χ1) is 9.17. The van der Waals surface area contributed by atoms with Crippen molar-refractivity contribution < 1.29 is 13.2 Å². The van der Waals surface area contributed by atoms with Crippen molar-refractivity contribution in [2.45, 2.75) is 37.8 Å². The Hall–Kier alpha value is -0.210. The number of morpholine rings is 1. The quantitative estimate of drug-likeness (QED) is 0.780. The molecule has 0 aliphatic carbocycles. The number of fused-ring (bicyclic) bond motifs is 1. The van der Waals surface area contributed by atoms with Crippen LogP contribution in [0.25, 0.3) is 0 Å². The molecule has 0 radical (unpaired) electrons. The van der Waals surface area contributed by atoms with Crippen molar-refractivity contribution in [3.05, 3.63) is 0 Å². The topological polar surface area (TPSA) is 61.9 Å². The molecule has 7 heteroatoms. The summed E-state index contributed by atoms with van der Waals surface area (Å²) in [7, 11) is -3.34. The van der Waals surface area contributed by atoms with Gasteiger partial charge in [-0.3, -0.25) is 4.90 Å². The summed E-state index contributed by atoms with van der Waals surface area (Å²) in [5.74, 6) is 0. The second-order valence-corrected chi connectivity index (χ2v) is 7.33. The van der Waals surface area contributed by atoms with Gasteiger partial charge in [-0.05, 0) is 25.8 Å². The van der Waals surface area contributed by atoms with Crippen LogP contribution in [0, 0.1) is 0 Å². The van der Waals surface area contributed by atoms with E-state index < -0.39 is 10.2 Å². The third-order valence-electron chi connectivity index (χ3n) is 4.47. The molecular formula is C12H23N3O3S. The van der Waals surface area contributed by atoms with Crippen LogP contribution in [0.2, 0.25) is 0 Å². The third kappa shape index (κ3) is 2.95. The Kier molecular flexibility index (Phi) is 4.09. The monoisotopic (exact) mass is 289 g/mol. The van der Waals surface area contributed by atoms with Gasteiger partial charge in [-0.1, -0.05) is 6.42 Å². The van der Waals surface area contributed by atoms with Gasteiger partial charge in [-0.25, -0.2) is 0 Å². The van der Waals surface area contributed by atoms with Crippen LogP contribution in [0.15, 0.2) is 0 Å². The van der Waals surface area contributed by atoms with Gasteiger partial charge in [-0.2, -0.15) is 17.4 Å². The average Bonchev–Trinajstić information content (AvgIpc) is 2.83.